The summed E-state index contributed by atoms with van der Waals surface area (Å²) in [4.78, 5) is 109. The Kier molecular flexibility index (Phi) is 26.0. The first kappa shape index (κ1) is 79.2. The Morgan fingerprint density at radius 2 is 0.991 bits per heavy atom. The van der Waals surface area contributed by atoms with Crippen LogP contribution in [0.15, 0.2) is 117 Å². The van der Waals surface area contributed by atoms with Gasteiger partial charge < -0.3 is 58.2 Å². The Bertz CT molecular complexity index is 5190. The fourth-order valence-corrected chi connectivity index (χ4v) is 14.6. The highest BCUT2D eigenvalue weighted by Crippen LogP contribution is 2.59. The summed E-state index contributed by atoms with van der Waals surface area (Å²) >= 11 is 39.0. The minimum Gasteiger partial charge on any atom is -0.391 e. The van der Waals surface area contributed by atoms with E-state index < -0.39 is 17.9 Å². The molecule has 4 unspecified atom stereocenters. The zero-order valence-corrected chi connectivity index (χ0v) is 63.0. The molecule has 0 bridgehead atoms. The van der Waals surface area contributed by atoms with Crippen LogP contribution in [0.25, 0.3) is 41.4 Å². The van der Waals surface area contributed by atoms with Crippen LogP contribution < -0.4 is 31.1 Å². The van der Waals surface area contributed by atoms with Crippen molar-refractivity contribution < 1.29 is 27.8 Å². The van der Waals surface area contributed by atoms with E-state index in [-0.39, 0.29) is 77.0 Å². The molecular weight excluding hydrogens is 1560 g/mol. The second kappa shape index (κ2) is 35.5. The van der Waals surface area contributed by atoms with Crippen LogP contribution in [0.3, 0.4) is 0 Å². The summed E-state index contributed by atoms with van der Waals surface area (Å²) in [6, 6.07) is 17.5. The van der Waals surface area contributed by atoms with Gasteiger partial charge in [-0.25, -0.2) is 33.1 Å². The molecule has 8 aliphatic rings. The van der Waals surface area contributed by atoms with Gasteiger partial charge >= 0.3 is 11.9 Å². The minimum absolute atomic E-state index is 0. The number of esters is 2. The number of rotatable bonds is 10. The Hall–Kier alpha value is -9.83. The monoisotopic (exact) mass is 1620 g/mol. The highest BCUT2D eigenvalue weighted by molar-refractivity contribution is 6.32. The van der Waals surface area contributed by atoms with E-state index in [0.29, 0.717) is 97.1 Å². The highest BCUT2D eigenvalue weighted by Gasteiger charge is 2.63. The zero-order valence-electron chi connectivity index (χ0n) is 56.9. The molecule has 38 heteroatoms. The number of carbonyl (C=O) groups excluding carboxylic acids is 2. The van der Waals surface area contributed by atoms with Crippen molar-refractivity contribution in [3.05, 3.63) is 225 Å². The molecule has 8 fully saturated rings. The predicted octanol–water partition coefficient (Wildman–Crippen LogP) is 11.9. The Balaban J connectivity index is 0.000000134. The standard InChI is InChI=1S/C22H17ClN8O2.C13H12Cl2N4O.C11H10ClN3.C9H6N4O.C6H8N2.C5H3ClFN.C4H4Cl2O3.ClH/c1-11-5-15(24-2)27-20-18(11)22(32)31(10-26-20)9-17-28-21(29-33-17)19-13-7-30(8-14(13)19)16-6-12(23)3-4-25-16;14-4-11-17-13(18-20-11)12-8-5-19(6-9(8)12)10-3-7(15)1-2-16-10;1-13-11-8-5-15(6-9(8)11)10-4-7(12)2-3-14-10;1-5-3-6(10-2)13-8-7(5)9(14)12-4-11-8;1-7-6-4-2-8-3-5(4)6;6-4-1-2-8-5(7)3-4;5-1-3(7)9-4(8)2-6;/h3-6,10,13-14,19H,7-9H2,1H3;1-3,8-9,12H,4-6H2;2-4,8-9,11H,5-6H2;3-4H,1H3,(H,11,12,13,14);4-6,8H,2-3H2;1-3H;1-2H2;1H/t13-,14+,19?;8-,9+,12?;8-,9+,11?;;4-,5+,6?;;;. The van der Waals surface area contributed by atoms with E-state index in [0.717, 1.165) is 109 Å². The van der Waals surface area contributed by atoms with Gasteiger partial charge in [0.25, 0.3) is 34.0 Å². The van der Waals surface area contributed by atoms with Crippen molar-refractivity contribution in [2.45, 2.75) is 50.2 Å². The molecule has 0 aromatic carbocycles. The Morgan fingerprint density at radius 3 is 1.40 bits per heavy atom. The zero-order chi connectivity index (χ0) is 75.7. The smallest absolute Gasteiger partial charge is 0.328 e. The van der Waals surface area contributed by atoms with E-state index in [1.54, 1.807) is 62.8 Å². The molecule has 29 nitrogen and oxygen atoms in total. The minimum atomic E-state index is -0.776. The van der Waals surface area contributed by atoms with Crippen LogP contribution in [-0.2, 0) is 26.8 Å². The number of fused-ring (bicyclic) bond motifs is 6. The van der Waals surface area contributed by atoms with Crippen molar-refractivity contribution in [1.29, 1.82) is 0 Å². The largest absolute Gasteiger partial charge is 0.391 e. The summed E-state index contributed by atoms with van der Waals surface area (Å²) in [5.41, 5.74) is 1.48. The van der Waals surface area contributed by atoms with Gasteiger partial charge in [0.05, 0.1) is 30.0 Å². The number of alkyl halides is 3. The van der Waals surface area contributed by atoms with E-state index in [9.17, 15) is 23.6 Å². The Labute approximate surface area is 656 Å². The summed E-state index contributed by atoms with van der Waals surface area (Å²) in [5, 5.41) is 14.8. The number of ether oxygens (including phenoxy) is 1. The van der Waals surface area contributed by atoms with Gasteiger partial charge in [-0.3, -0.25) is 23.7 Å². The van der Waals surface area contributed by atoms with E-state index in [4.69, 9.17) is 117 Å². The lowest BCUT2D eigenvalue weighted by Gasteiger charge is -2.20. The van der Waals surface area contributed by atoms with Gasteiger partial charge in [0.2, 0.25) is 29.8 Å². The molecule has 4 aliphatic heterocycles. The van der Waals surface area contributed by atoms with E-state index in [2.05, 4.69) is 109 Å². The molecule has 556 valence electrons. The molecule has 18 rings (SSSR count). The summed E-state index contributed by atoms with van der Waals surface area (Å²) in [6.45, 7) is 39.1. The predicted molar refractivity (Wildman–Crippen MR) is 404 cm³/mol. The number of H-pyrrole nitrogens is 1. The summed E-state index contributed by atoms with van der Waals surface area (Å²) in [5.74, 6) is 8.42. The average molecular weight is 1630 g/mol. The van der Waals surface area contributed by atoms with Crippen molar-refractivity contribution in [3.8, 4) is 0 Å². The summed E-state index contributed by atoms with van der Waals surface area (Å²) < 4.78 is 27.9. The van der Waals surface area contributed by atoms with Crippen LogP contribution in [0, 0.1) is 93.4 Å². The lowest BCUT2D eigenvalue weighted by Crippen LogP contribution is -2.25. The number of aromatic amines is 1. The first-order valence-electron chi connectivity index (χ1n) is 33.1. The second-order valence-corrected chi connectivity index (χ2v) is 28.3. The number of nitrogens with zero attached hydrogens (tertiary/aromatic N) is 20. The number of aromatic nitrogens is 14. The lowest BCUT2D eigenvalue weighted by atomic mass is 10.2. The molecule has 4 saturated heterocycles. The van der Waals surface area contributed by atoms with Gasteiger partial charge in [-0.2, -0.15) is 24.3 Å². The number of hydrogen-bond acceptors (Lipinski definition) is 23. The number of nitrogens with one attached hydrogen (secondary N) is 2. The summed E-state index contributed by atoms with van der Waals surface area (Å²) in [7, 11) is 0. The first-order chi connectivity index (χ1) is 51.7. The van der Waals surface area contributed by atoms with Crippen molar-refractivity contribution in [2.75, 3.05) is 78.8 Å². The lowest BCUT2D eigenvalue weighted by molar-refractivity contribution is -0.155. The van der Waals surface area contributed by atoms with Gasteiger partial charge in [0, 0.05) is 115 Å². The van der Waals surface area contributed by atoms with Crippen molar-refractivity contribution in [2.24, 2.45) is 47.3 Å². The van der Waals surface area contributed by atoms with Crippen LogP contribution in [-0.4, -0.2) is 158 Å². The Morgan fingerprint density at radius 1 is 0.565 bits per heavy atom. The molecule has 108 heavy (non-hydrogen) atoms. The summed E-state index contributed by atoms with van der Waals surface area (Å²) in [6.07, 6.45) is 9.19. The van der Waals surface area contributed by atoms with Gasteiger partial charge in [0.15, 0.2) is 11.6 Å². The topological polar surface area (TPSA) is 318 Å². The molecular formula is C70H61Cl8FN22O7. The highest BCUT2D eigenvalue weighted by atomic mass is 35.5. The second-order valence-electron chi connectivity index (χ2n) is 25.7. The molecule has 10 aromatic rings. The first-order valence-corrected chi connectivity index (χ1v) is 36.2. The molecule has 4 aliphatic carbocycles. The normalized spacial score (nSPS) is 22.5. The van der Waals surface area contributed by atoms with Crippen molar-refractivity contribution in [3.63, 3.8) is 0 Å². The maximum absolute atomic E-state index is 13.0. The fourth-order valence-electron chi connectivity index (χ4n) is 13.8. The maximum Gasteiger partial charge on any atom is 0.328 e. The van der Waals surface area contributed by atoms with Crippen LogP contribution in [0.1, 0.15) is 46.4 Å². The van der Waals surface area contributed by atoms with Crippen LogP contribution in [0.4, 0.5) is 33.5 Å². The van der Waals surface area contributed by atoms with Crippen molar-refractivity contribution >= 4 is 157 Å². The molecule has 14 heterocycles. The molecule has 2 N–H and O–H groups in total. The molecule has 0 amide bonds. The van der Waals surface area contributed by atoms with E-state index >= 15 is 0 Å². The number of aryl methyl sites for hydroxylation is 2. The molecule has 12 atom stereocenters. The molecule has 0 spiro atoms. The van der Waals surface area contributed by atoms with Crippen molar-refractivity contribution in [1.82, 2.24) is 75.0 Å². The van der Waals surface area contributed by atoms with Crippen LogP contribution >= 0.6 is 93.6 Å². The average Bonchev–Trinajstić information content (AvgIpc) is 1.55. The maximum atomic E-state index is 13.0. The number of anilines is 3. The number of hydrogen-bond donors (Lipinski definition) is 2. The number of piperidine rings is 4. The third-order valence-electron chi connectivity index (χ3n) is 19.1. The third-order valence-corrected chi connectivity index (χ3v) is 20.7. The van der Waals surface area contributed by atoms with Crippen LogP contribution in [0.2, 0.25) is 20.1 Å². The quantitative estimate of drug-likeness (QED) is 0.0422. The fraction of sp³-hybridized carbons (Fsp3) is 0.371. The van der Waals surface area contributed by atoms with Crippen LogP contribution in [0.5, 0.6) is 0 Å². The third kappa shape index (κ3) is 18.8. The van der Waals surface area contributed by atoms with Gasteiger partial charge in [0.1, 0.15) is 58.7 Å². The number of carbonyl (C=O) groups is 2. The molecule has 4 saturated carbocycles. The number of pyridine rings is 6. The SMILES string of the molecule is Cl.ClCc1nc(C2[C@H]3CN(c4cc(Cl)ccn4)C[C@@H]23)no1.Fc1cc(Cl)ccn1.O=C(CCl)OC(=O)CCl.[C-]#[N+]C1[C@H]2CN(c3cc(Cl)ccn3)C[C@@H]12.[C-]#[N+]C1[C@H]2CNC[C@@H]12.[C-]#[N+]c1cc(C)c2c(=O)[nH]cnc2n1.[C-]#[N+]c1cc(C)c2c(=O)n(Cc3nc(C4[C@H]5CN(c6cc(Cl)ccn6)C[C@@H]45)no3)cnc2n1. The molecule has 0 radical (unpaired) electrons. The van der Waals surface area contributed by atoms with E-state index in [1.807, 2.05) is 18.2 Å². The molecule has 10 aromatic heterocycles. The van der Waals surface area contributed by atoms with Gasteiger partial charge in [-0.15, -0.1) is 47.2 Å². The van der Waals surface area contributed by atoms with Gasteiger partial charge in [-0.1, -0.05) is 79.8 Å². The van der Waals surface area contributed by atoms with E-state index in [1.165, 1.54) is 29.5 Å². The van der Waals surface area contributed by atoms with Gasteiger partial charge in [-0.05, 0) is 103 Å². The number of halogens is 9.